The largest absolute Gasteiger partial charge is 0.337 e. The molecular weight excluding hydrogens is 396 g/mol. The molecule has 0 saturated carbocycles. The first-order valence-corrected chi connectivity index (χ1v) is 11.8. The Bertz CT molecular complexity index is 1160. The molecule has 1 unspecified atom stereocenters. The summed E-state index contributed by atoms with van der Waals surface area (Å²) >= 11 is 0. The van der Waals surface area contributed by atoms with Gasteiger partial charge >= 0.3 is 0 Å². The number of anilines is 1. The van der Waals surface area contributed by atoms with Crippen molar-refractivity contribution in [2.45, 2.75) is 18.9 Å². The Morgan fingerprint density at radius 1 is 0.967 bits per heavy atom. The summed E-state index contributed by atoms with van der Waals surface area (Å²) < 4.78 is 25.9. The van der Waals surface area contributed by atoms with Crippen LogP contribution in [-0.4, -0.2) is 32.0 Å². The van der Waals surface area contributed by atoms with E-state index in [0.717, 1.165) is 11.8 Å². The third-order valence-electron chi connectivity index (χ3n) is 5.40. The van der Waals surface area contributed by atoms with Gasteiger partial charge < -0.3 is 4.90 Å². The minimum Gasteiger partial charge on any atom is -0.337 e. The first-order valence-electron chi connectivity index (χ1n) is 9.87. The molecule has 154 valence electrons. The third-order valence-corrected chi connectivity index (χ3v) is 5.99. The van der Waals surface area contributed by atoms with E-state index in [1.165, 1.54) is 11.1 Å². The maximum atomic E-state index is 13.2. The number of sulfonamides is 1. The van der Waals surface area contributed by atoms with Crippen molar-refractivity contribution >= 4 is 21.6 Å². The quantitative estimate of drug-likeness (QED) is 0.683. The highest BCUT2D eigenvalue weighted by Gasteiger charge is 2.29. The summed E-state index contributed by atoms with van der Waals surface area (Å²) in [5.74, 6) is 0.0951. The van der Waals surface area contributed by atoms with Crippen molar-refractivity contribution in [1.82, 2.24) is 4.90 Å². The first kappa shape index (κ1) is 20.2. The first-order chi connectivity index (χ1) is 14.4. The van der Waals surface area contributed by atoms with E-state index < -0.39 is 10.0 Å². The van der Waals surface area contributed by atoms with Gasteiger partial charge in [0, 0.05) is 19.0 Å². The van der Waals surface area contributed by atoms with Crippen molar-refractivity contribution in [1.29, 1.82) is 0 Å². The number of hydrogen-bond donors (Lipinski definition) is 1. The standard InChI is InChI=1S/C24H24N2O3S/c1-30(28,29)25-23-14-8-6-11-19(23)15-24(27)26-16-20-12-5-7-13-21(20)22(17-26)18-9-3-2-4-10-18/h2-14,22,25H,15-17H2,1H3. The van der Waals surface area contributed by atoms with Crippen molar-refractivity contribution in [2.75, 3.05) is 17.5 Å². The maximum absolute atomic E-state index is 13.2. The molecule has 3 aromatic rings. The Balaban J connectivity index is 1.60. The average Bonchev–Trinajstić information content (AvgIpc) is 2.74. The number of carbonyl (C=O) groups excluding carboxylic acids is 1. The van der Waals surface area contributed by atoms with Gasteiger partial charge in [-0.2, -0.15) is 0 Å². The lowest BCUT2D eigenvalue weighted by molar-refractivity contribution is -0.131. The van der Waals surface area contributed by atoms with E-state index in [-0.39, 0.29) is 18.2 Å². The second-order valence-electron chi connectivity index (χ2n) is 7.64. The Morgan fingerprint density at radius 2 is 1.63 bits per heavy atom. The number of benzene rings is 3. The fourth-order valence-corrected chi connectivity index (χ4v) is 4.61. The third kappa shape index (κ3) is 4.54. The van der Waals surface area contributed by atoms with Crippen molar-refractivity contribution in [3.63, 3.8) is 0 Å². The molecule has 0 aliphatic carbocycles. The second kappa shape index (κ2) is 8.32. The summed E-state index contributed by atoms with van der Waals surface area (Å²) in [6.45, 7) is 1.15. The molecule has 3 aromatic carbocycles. The summed E-state index contributed by atoms with van der Waals surface area (Å²) in [4.78, 5) is 15.1. The van der Waals surface area contributed by atoms with Crippen LogP contribution in [0.5, 0.6) is 0 Å². The minimum atomic E-state index is -3.42. The van der Waals surface area contributed by atoms with Crippen LogP contribution in [0, 0.1) is 0 Å². The normalized spacial score (nSPS) is 16.0. The monoisotopic (exact) mass is 420 g/mol. The van der Waals surface area contributed by atoms with Gasteiger partial charge in [0.1, 0.15) is 0 Å². The van der Waals surface area contributed by atoms with Crippen molar-refractivity contribution in [2.24, 2.45) is 0 Å². The Hall–Kier alpha value is -3.12. The van der Waals surface area contributed by atoms with Gasteiger partial charge in [0.25, 0.3) is 0 Å². The highest BCUT2D eigenvalue weighted by molar-refractivity contribution is 7.92. The maximum Gasteiger partial charge on any atom is 0.229 e. The molecule has 1 aliphatic heterocycles. The van der Waals surface area contributed by atoms with Crippen LogP contribution in [-0.2, 0) is 27.8 Å². The van der Waals surface area contributed by atoms with Crippen LogP contribution >= 0.6 is 0 Å². The fraction of sp³-hybridized carbons (Fsp3) is 0.208. The van der Waals surface area contributed by atoms with Crippen LogP contribution in [0.2, 0.25) is 0 Å². The number of hydrogen-bond acceptors (Lipinski definition) is 3. The predicted molar refractivity (Wildman–Crippen MR) is 119 cm³/mol. The highest BCUT2D eigenvalue weighted by Crippen LogP contribution is 2.33. The smallest absolute Gasteiger partial charge is 0.229 e. The number of nitrogens with one attached hydrogen (secondary N) is 1. The van der Waals surface area contributed by atoms with Gasteiger partial charge in [0.15, 0.2) is 0 Å². The summed E-state index contributed by atoms with van der Waals surface area (Å²) in [5, 5.41) is 0. The average molecular weight is 421 g/mol. The molecule has 0 fully saturated rings. The molecule has 6 heteroatoms. The summed E-state index contributed by atoms with van der Waals surface area (Å²) in [5.41, 5.74) is 4.70. The summed E-state index contributed by atoms with van der Waals surface area (Å²) in [7, 11) is -3.42. The van der Waals surface area contributed by atoms with Crippen molar-refractivity contribution in [3.8, 4) is 0 Å². The van der Waals surface area contributed by atoms with E-state index in [2.05, 4.69) is 29.0 Å². The zero-order valence-electron chi connectivity index (χ0n) is 16.8. The molecule has 1 atom stereocenters. The highest BCUT2D eigenvalue weighted by atomic mass is 32.2. The van der Waals surface area contributed by atoms with Gasteiger partial charge in [-0.3, -0.25) is 9.52 Å². The number of rotatable bonds is 5. The summed E-state index contributed by atoms with van der Waals surface area (Å²) in [6.07, 6.45) is 1.25. The lowest BCUT2D eigenvalue weighted by Gasteiger charge is -2.35. The minimum absolute atomic E-state index is 0.0202. The SMILES string of the molecule is CS(=O)(=O)Nc1ccccc1CC(=O)N1Cc2ccccc2C(c2ccccc2)C1. The zero-order valence-corrected chi connectivity index (χ0v) is 17.6. The molecular formula is C24H24N2O3S. The molecule has 1 amide bonds. The van der Waals surface area contributed by atoms with Crippen LogP contribution in [0.1, 0.15) is 28.2 Å². The van der Waals surface area contributed by atoms with Gasteiger partial charge in [0.05, 0.1) is 18.4 Å². The Kier molecular flexibility index (Phi) is 5.59. The van der Waals surface area contributed by atoms with E-state index in [4.69, 9.17) is 0 Å². The van der Waals surface area contributed by atoms with E-state index in [1.54, 1.807) is 18.2 Å². The Morgan fingerprint density at radius 3 is 2.40 bits per heavy atom. The van der Waals surface area contributed by atoms with Crippen LogP contribution < -0.4 is 4.72 Å². The molecule has 1 aliphatic rings. The predicted octanol–water partition coefficient (Wildman–Crippen LogP) is 3.77. The van der Waals surface area contributed by atoms with Gasteiger partial charge in [-0.05, 0) is 28.3 Å². The molecule has 1 N–H and O–H groups in total. The topological polar surface area (TPSA) is 66.5 Å². The molecule has 0 spiro atoms. The number of carbonyl (C=O) groups is 1. The Labute approximate surface area is 177 Å². The lowest BCUT2D eigenvalue weighted by atomic mass is 9.84. The van der Waals surface area contributed by atoms with Gasteiger partial charge in [-0.1, -0.05) is 72.8 Å². The number of fused-ring (bicyclic) bond motifs is 1. The fourth-order valence-electron chi connectivity index (χ4n) is 4.02. The van der Waals surface area contributed by atoms with Gasteiger partial charge in [-0.25, -0.2) is 8.42 Å². The molecule has 1 heterocycles. The molecule has 30 heavy (non-hydrogen) atoms. The van der Waals surface area contributed by atoms with E-state index in [9.17, 15) is 13.2 Å². The number of para-hydroxylation sites is 1. The molecule has 0 saturated heterocycles. The van der Waals surface area contributed by atoms with Crippen LogP contribution in [0.15, 0.2) is 78.9 Å². The molecule has 4 rings (SSSR count). The zero-order chi connectivity index (χ0) is 21.1. The molecule has 0 aromatic heterocycles. The second-order valence-corrected chi connectivity index (χ2v) is 9.39. The van der Waals surface area contributed by atoms with Crippen LogP contribution in [0.25, 0.3) is 0 Å². The van der Waals surface area contributed by atoms with Crippen molar-refractivity contribution < 1.29 is 13.2 Å². The number of amides is 1. The molecule has 0 bridgehead atoms. The molecule has 5 nitrogen and oxygen atoms in total. The van der Waals surface area contributed by atoms with Gasteiger partial charge in [0.2, 0.25) is 15.9 Å². The van der Waals surface area contributed by atoms with E-state index in [1.807, 2.05) is 41.3 Å². The van der Waals surface area contributed by atoms with E-state index in [0.29, 0.717) is 24.3 Å². The van der Waals surface area contributed by atoms with Crippen LogP contribution in [0.3, 0.4) is 0 Å². The molecule has 0 radical (unpaired) electrons. The summed E-state index contributed by atoms with van der Waals surface area (Å²) in [6, 6.07) is 25.5. The number of nitrogens with zero attached hydrogens (tertiary/aromatic N) is 1. The lowest BCUT2D eigenvalue weighted by Crippen LogP contribution is -2.39. The van der Waals surface area contributed by atoms with E-state index >= 15 is 0 Å². The van der Waals surface area contributed by atoms with Gasteiger partial charge in [-0.15, -0.1) is 0 Å². The van der Waals surface area contributed by atoms with Crippen molar-refractivity contribution in [3.05, 3.63) is 101 Å². The van der Waals surface area contributed by atoms with Crippen LogP contribution in [0.4, 0.5) is 5.69 Å².